The zero-order valence-electron chi connectivity index (χ0n) is 14.1. The zero-order chi connectivity index (χ0) is 16.8. The topological polar surface area (TPSA) is 78.5 Å². The highest BCUT2D eigenvalue weighted by Crippen LogP contribution is 2.19. The molecule has 1 aliphatic carbocycles. The van der Waals surface area contributed by atoms with E-state index in [0.29, 0.717) is 18.9 Å². The summed E-state index contributed by atoms with van der Waals surface area (Å²) in [5.74, 6) is -0.272. The summed E-state index contributed by atoms with van der Waals surface area (Å²) in [6.07, 6.45) is 8.41. The van der Waals surface area contributed by atoms with Gasteiger partial charge in [-0.25, -0.2) is 4.79 Å². The number of rotatable bonds is 7. The highest BCUT2D eigenvalue weighted by Gasteiger charge is 2.38. The molecule has 1 saturated heterocycles. The number of nitrogens with zero attached hydrogens (tertiary/aromatic N) is 1. The summed E-state index contributed by atoms with van der Waals surface area (Å²) in [5.41, 5.74) is 1.39. The number of carbonyl (C=O) groups is 3. The van der Waals surface area contributed by atoms with E-state index in [2.05, 4.69) is 16.7 Å². The third kappa shape index (κ3) is 5.08. The van der Waals surface area contributed by atoms with Gasteiger partial charge in [0.15, 0.2) is 0 Å². The number of hydrogen-bond acceptors (Lipinski definition) is 3. The van der Waals surface area contributed by atoms with Crippen LogP contribution < -0.4 is 10.6 Å². The molecule has 2 rings (SSSR count). The molecule has 0 aromatic rings. The number of nitrogens with one attached hydrogen (secondary N) is 2. The summed E-state index contributed by atoms with van der Waals surface area (Å²) in [6.45, 7) is 4.35. The molecular weight excluding hydrogens is 294 g/mol. The first-order chi connectivity index (χ1) is 11.0. The van der Waals surface area contributed by atoms with E-state index in [9.17, 15) is 14.4 Å². The lowest BCUT2D eigenvalue weighted by Gasteiger charge is -2.15. The molecule has 6 nitrogen and oxygen atoms in total. The summed E-state index contributed by atoms with van der Waals surface area (Å²) in [4.78, 5) is 37.0. The molecule has 6 heteroatoms. The van der Waals surface area contributed by atoms with Gasteiger partial charge in [0.2, 0.25) is 5.91 Å². The van der Waals surface area contributed by atoms with Gasteiger partial charge < -0.3 is 10.6 Å². The Balaban J connectivity index is 1.75. The van der Waals surface area contributed by atoms with E-state index in [1.165, 1.54) is 18.4 Å². The summed E-state index contributed by atoms with van der Waals surface area (Å²) in [5, 5.41) is 5.45. The third-order valence-electron chi connectivity index (χ3n) is 4.27. The van der Waals surface area contributed by atoms with Crippen LogP contribution in [0.15, 0.2) is 11.6 Å². The van der Waals surface area contributed by atoms with Gasteiger partial charge in [-0.1, -0.05) is 25.5 Å². The molecule has 128 valence electrons. The van der Waals surface area contributed by atoms with Crippen molar-refractivity contribution in [3.05, 3.63) is 11.6 Å². The lowest BCUT2D eigenvalue weighted by atomic mass is 9.97. The summed E-state index contributed by atoms with van der Waals surface area (Å²) in [7, 11) is 0. The quantitative estimate of drug-likeness (QED) is 0.556. The molecule has 2 aliphatic rings. The number of urea groups is 1. The van der Waals surface area contributed by atoms with Crippen molar-refractivity contribution in [1.29, 1.82) is 0 Å². The molecule has 0 aromatic heterocycles. The average Bonchev–Trinajstić information content (AvgIpc) is 2.75. The molecule has 0 bridgehead atoms. The summed E-state index contributed by atoms with van der Waals surface area (Å²) < 4.78 is 0. The van der Waals surface area contributed by atoms with Crippen LogP contribution in [-0.4, -0.2) is 41.9 Å². The van der Waals surface area contributed by atoms with Gasteiger partial charge in [0.1, 0.15) is 12.6 Å². The third-order valence-corrected chi connectivity index (χ3v) is 4.27. The number of carbonyl (C=O) groups excluding carboxylic acids is 3. The summed E-state index contributed by atoms with van der Waals surface area (Å²) in [6, 6.07) is -0.964. The van der Waals surface area contributed by atoms with Gasteiger partial charge in [0.05, 0.1) is 0 Å². The Kier molecular flexibility index (Phi) is 6.19. The van der Waals surface area contributed by atoms with Gasteiger partial charge in [-0.2, -0.15) is 0 Å². The fourth-order valence-corrected chi connectivity index (χ4v) is 3.05. The predicted octanol–water partition coefficient (Wildman–Crippen LogP) is 1.96. The van der Waals surface area contributed by atoms with Crippen LogP contribution in [0.1, 0.15) is 52.4 Å². The fraction of sp³-hybridized carbons (Fsp3) is 0.706. The Hall–Kier alpha value is -1.85. The molecule has 0 unspecified atom stereocenters. The van der Waals surface area contributed by atoms with Gasteiger partial charge in [0.25, 0.3) is 5.91 Å². The molecule has 1 aliphatic heterocycles. The van der Waals surface area contributed by atoms with Crippen LogP contribution in [-0.2, 0) is 9.59 Å². The average molecular weight is 321 g/mol. The fourth-order valence-electron chi connectivity index (χ4n) is 3.05. The van der Waals surface area contributed by atoms with Crippen LogP contribution in [0.3, 0.4) is 0 Å². The minimum absolute atomic E-state index is 0.196. The number of allylic oxidation sites excluding steroid dienone is 1. The molecule has 1 atom stereocenters. The minimum Gasteiger partial charge on any atom is -0.354 e. The molecule has 0 saturated carbocycles. The lowest BCUT2D eigenvalue weighted by Crippen LogP contribution is -2.41. The van der Waals surface area contributed by atoms with E-state index in [0.717, 1.165) is 24.2 Å². The molecule has 0 spiro atoms. The molecule has 1 heterocycles. The van der Waals surface area contributed by atoms with Gasteiger partial charge in [-0.3, -0.25) is 14.5 Å². The molecule has 1 fully saturated rings. The van der Waals surface area contributed by atoms with Crippen LogP contribution in [0.2, 0.25) is 0 Å². The Morgan fingerprint density at radius 1 is 1.39 bits per heavy atom. The zero-order valence-corrected chi connectivity index (χ0v) is 14.1. The van der Waals surface area contributed by atoms with E-state index in [4.69, 9.17) is 0 Å². The Labute approximate surface area is 137 Å². The summed E-state index contributed by atoms with van der Waals surface area (Å²) >= 11 is 0. The number of hydrogen-bond donors (Lipinski definition) is 2. The van der Waals surface area contributed by atoms with Crippen LogP contribution in [0.25, 0.3) is 0 Å². The van der Waals surface area contributed by atoms with E-state index < -0.39 is 12.1 Å². The second kappa shape index (κ2) is 8.13. The predicted molar refractivity (Wildman–Crippen MR) is 87.7 cm³/mol. The van der Waals surface area contributed by atoms with E-state index >= 15 is 0 Å². The van der Waals surface area contributed by atoms with Gasteiger partial charge in [-0.15, -0.1) is 0 Å². The standard InChI is InChI=1S/C17H27N3O3/c1-12(2)10-14-16(22)20(17(23)19-14)11-15(21)18-9-8-13-6-4-3-5-7-13/h6,12,14H,3-5,7-11H2,1-2H3,(H,18,21)(H,19,23)/t14-/m0/s1. The number of amides is 4. The SMILES string of the molecule is CC(C)C[C@@H]1NC(=O)N(CC(=O)NCCC2=CCCCC2)C1=O. The van der Waals surface area contributed by atoms with E-state index in [-0.39, 0.29) is 18.4 Å². The highest BCUT2D eigenvalue weighted by molar-refractivity contribution is 6.06. The molecule has 0 radical (unpaired) electrons. The van der Waals surface area contributed by atoms with Gasteiger partial charge in [-0.05, 0) is 44.4 Å². The van der Waals surface area contributed by atoms with Gasteiger partial charge in [0, 0.05) is 6.54 Å². The van der Waals surface area contributed by atoms with E-state index in [1.807, 2.05) is 13.8 Å². The largest absolute Gasteiger partial charge is 0.354 e. The van der Waals surface area contributed by atoms with Crippen molar-refractivity contribution in [2.75, 3.05) is 13.1 Å². The smallest absolute Gasteiger partial charge is 0.325 e. The Morgan fingerprint density at radius 2 is 2.17 bits per heavy atom. The van der Waals surface area contributed by atoms with Crippen molar-refractivity contribution in [3.63, 3.8) is 0 Å². The van der Waals surface area contributed by atoms with Crippen LogP contribution in [0, 0.1) is 5.92 Å². The first-order valence-electron chi connectivity index (χ1n) is 8.54. The molecule has 0 aromatic carbocycles. The normalized spacial score (nSPS) is 21.4. The second-order valence-corrected chi connectivity index (χ2v) is 6.76. The second-order valence-electron chi connectivity index (χ2n) is 6.76. The molecule has 2 N–H and O–H groups in total. The maximum absolute atomic E-state index is 12.2. The first-order valence-corrected chi connectivity index (χ1v) is 8.54. The molecule has 23 heavy (non-hydrogen) atoms. The minimum atomic E-state index is -0.498. The van der Waals surface area contributed by atoms with Crippen molar-refractivity contribution in [1.82, 2.24) is 15.5 Å². The highest BCUT2D eigenvalue weighted by atomic mass is 16.2. The first kappa shape index (κ1) is 17.5. The van der Waals surface area contributed by atoms with Crippen molar-refractivity contribution in [3.8, 4) is 0 Å². The Morgan fingerprint density at radius 3 is 2.83 bits per heavy atom. The molecular formula is C17H27N3O3. The maximum Gasteiger partial charge on any atom is 0.325 e. The van der Waals surface area contributed by atoms with Gasteiger partial charge >= 0.3 is 6.03 Å². The van der Waals surface area contributed by atoms with Crippen molar-refractivity contribution < 1.29 is 14.4 Å². The van der Waals surface area contributed by atoms with Crippen molar-refractivity contribution in [2.24, 2.45) is 5.92 Å². The van der Waals surface area contributed by atoms with Crippen molar-refractivity contribution in [2.45, 2.75) is 58.4 Å². The van der Waals surface area contributed by atoms with Crippen LogP contribution in [0.5, 0.6) is 0 Å². The van der Waals surface area contributed by atoms with Crippen LogP contribution >= 0.6 is 0 Å². The van der Waals surface area contributed by atoms with E-state index in [1.54, 1.807) is 0 Å². The molecule has 4 amide bonds. The Bertz CT molecular complexity index is 499. The maximum atomic E-state index is 12.2. The lowest BCUT2D eigenvalue weighted by molar-refractivity contribution is -0.132. The number of imide groups is 1. The monoisotopic (exact) mass is 321 g/mol. The van der Waals surface area contributed by atoms with Crippen LogP contribution in [0.4, 0.5) is 4.79 Å². The van der Waals surface area contributed by atoms with Crippen molar-refractivity contribution >= 4 is 17.8 Å².